The van der Waals surface area contributed by atoms with E-state index in [1.165, 1.54) is 13.2 Å². The predicted octanol–water partition coefficient (Wildman–Crippen LogP) is -0.476. The maximum atomic E-state index is 10.3. The van der Waals surface area contributed by atoms with Gasteiger partial charge >= 0.3 is 6.20 Å². The average molecular weight is 125 g/mol. The van der Waals surface area contributed by atoms with Gasteiger partial charge in [-0.25, -0.2) is 0 Å². The number of hydrogen-bond donors (Lipinski definition) is 0. The van der Waals surface area contributed by atoms with Crippen LogP contribution in [0.15, 0.2) is 12.1 Å². The SMILES string of the molecule is COc1cc[c][n+]([O-])n1. The lowest BCUT2D eigenvalue weighted by molar-refractivity contribution is -0.673. The normalized spacial score (nSPS) is 9.00. The molecular formula is C5H5N2O2. The van der Waals surface area contributed by atoms with Crippen LogP contribution in [0.4, 0.5) is 0 Å². The second kappa shape index (κ2) is 2.30. The van der Waals surface area contributed by atoms with E-state index in [2.05, 4.69) is 16.0 Å². The number of rotatable bonds is 1. The molecule has 1 rings (SSSR count). The molecule has 47 valence electrons. The van der Waals surface area contributed by atoms with E-state index in [4.69, 9.17) is 0 Å². The third kappa shape index (κ3) is 1.28. The molecule has 0 bridgehead atoms. The highest BCUT2D eigenvalue weighted by molar-refractivity contribution is 5.02. The van der Waals surface area contributed by atoms with Crippen molar-refractivity contribution >= 4 is 0 Å². The van der Waals surface area contributed by atoms with Crippen LogP contribution in [0, 0.1) is 11.4 Å². The molecule has 0 atom stereocenters. The molecule has 0 saturated carbocycles. The average Bonchev–Trinajstić information content (AvgIpc) is 1.88. The molecule has 0 aliphatic rings. The lowest BCUT2D eigenvalue weighted by Crippen LogP contribution is -2.30. The minimum atomic E-state index is 0.295. The molecule has 1 aromatic rings. The van der Waals surface area contributed by atoms with E-state index in [0.29, 0.717) is 10.7 Å². The maximum Gasteiger partial charge on any atom is 0.319 e. The highest BCUT2D eigenvalue weighted by Crippen LogP contribution is 1.96. The summed E-state index contributed by atoms with van der Waals surface area (Å²) in [6.07, 6.45) is 2.28. The Morgan fingerprint density at radius 1 is 1.89 bits per heavy atom. The van der Waals surface area contributed by atoms with Crippen LogP contribution >= 0.6 is 0 Å². The van der Waals surface area contributed by atoms with Crippen LogP contribution in [0.25, 0.3) is 0 Å². The molecule has 1 radical (unpaired) electrons. The first-order valence-electron chi connectivity index (χ1n) is 2.35. The van der Waals surface area contributed by atoms with Crippen LogP contribution < -0.4 is 9.58 Å². The molecule has 4 nitrogen and oxygen atoms in total. The van der Waals surface area contributed by atoms with Gasteiger partial charge in [0.15, 0.2) is 0 Å². The molecule has 4 heteroatoms. The highest BCUT2D eigenvalue weighted by atomic mass is 16.5. The van der Waals surface area contributed by atoms with Crippen molar-refractivity contribution in [3.8, 4) is 5.88 Å². The lowest BCUT2D eigenvalue weighted by atomic mass is 10.6. The molecule has 1 aromatic heterocycles. The zero-order chi connectivity index (χ0) is 6.69. The Morgan fingerprint density at radius 3 is 3.11 bits per heavy atom. The lowest BCUT2D eigenvalue weighted by Gasteiger charge is -1.93. The molecule has 0 aromatic carbocycles. The smallest absolute Gasteiger partial charge is 0.319 e. The Hall–Kier alpha value is -1.32. The van der Waals surface area contributed by atoms with Crippen LogP contribution in [-0.4, -0.2) is 12.2 Å². The Morgan fingerprint density at radius 2 is 2.67 bits per heavy atom. The monoisotopic (exact) mass is 125 g/mol. The molecular weight excluding hydrogens is 120 g/mol. The van der Waals surface area contributed by atoms with Gasteiger partial charge in [-0.05, 0) is 4.85 Å². The van der Waals surface area contributed by atoms with Crippen molar-refractivity contribution in [2.75, 3.05) is 7.11 Å². The third-order valence-electron chi connectivity index (χ3n) is 0.809. The quantitative estimate of drug-likeness (QED) is 0.376. The summed E-state index contributed by atoms with van der Waals surface area (Å²) in [6, 6.07) is 2.99. The zero-order valence-corrected chi connectivity index (χ0v) is 4.87. The standard InChI is InChI=1S/C5H5N2O2/c1-9-5-3-2-4-7(8)6-5/h2-3H,1H3. The number of hydrogen-bond acceptors (Lipinski definition) is 3. The molecule has 0 fully saturated rings. The van der Waals surface area contributed by atoms with Gasteiger partial charge in [-0.3, -0.25) is 0 Å². The summed E-state index contributed by atoms with van der Waals surface area (Å²) in [6.45, 7) is 0. The predicted molar refractivity (Wildman–Crippen MR) is 28.6 cm³/mol. The van der Waals surface area contributed by atoms with E-state index in [0.717, 1.165) is 0 Å². The molecule has 1 heterocycles. The van der Waals surface area contributed by atoms with E-state index < -0.39 is 0 Å². The molecule has 0 amide bonds. The number of aromatic nitrogens is 2. The highest BCUT2D eigenvalue weighted by Gasteiger charge is 1.95. The zero-order valence-electron chi connectivity index (χ0n) is 4.87. The summed E-state index contributed by atoms with van der Waals surface area (Å²) in [5.41, 5.74) is 0. The van der Waals surface area contributed by atoms with Crippen molar-refractivity contribution in [1.82, 2.24) is 5.10 Å². The van der Waals surface area contributed by atoms with Crippen molar-refractivity contribution < 1.29 is 9.58 Å². The fraction of sp³-hybridized carbons (Fsp3) is 0.200. The van der Waals surface area contributed by atoms with Gasteiger partial charge in [0.25, 0.3) is 5.88 Å². The van der Waals surface area contributed by atoms with Crippen molar-refractivity contribution in [3.63, 3.8) is 0 Å². The summed E-state index contributed by atoms with van der Waals surface area (Å²) >= 11 is 0. The van der Waals surface area contributed by atoms with Crippen LogP contribution in [0.3, 0.4) is 0 Å². The first-order valence-corrected chi connectivity index (χ1v) is 2.35. The Kier molecular flexibility index (Phi) is 1.48. The Balaban J connectivity index is 2.94. The van der Waals surface area contributed by atoms with E-state index in [-0.39, 0.29) is 0 Å². The van der Waals surface area contributed by atoms with Gasteiger partial charge in [0.1, 0.15) is 0 Å². The summed E-state index contributed by atoms with van der Waals surface area (Å²) < 4.78 is 4.64. The van der Waals surface area contributed by atoms with E-state index in [9.17, 15) is 5.21 Å². The van der Waals surface area contributed by atoms with Gasteiger partial charge in [-0.15, -0.1) is 0 Å². The van der Waals surface area contributed by atoms with Crippen molar-refractivity contribution in [3.05, 3.63) is 23.5 Å². The molecule has 0 aliphatic heterocycles. The number of methoxy groups -OCH3 is 1. The van der Waals surface area contributed by atoms with Gasteiger partial charge in [-0.2, -0.15) is 0 Å². The van der Waals surface area contributed by atoms with Gasteiger partial charge in [0, 0.05) is 12.1 Å². The van der Waals surface area contributed by atoms with Crippen molar-refractivity contribution in [2.45, 2.75) is 0 Å². The molecule has 0 spiro atoms. The molecule has 0 saturated heterocycles. The largest absolute Gasteiger partial charge is 0.594 e. The van der Waals surface area contributed by atoms with Gasteiger partial charge in [-0.1, -0.05) is 0 Å². The molecule has 0 aliphatic carbocycles. The Bertz CT molecular complexity index is 202. The van der Waals surface area contributed by atoms with Crippen molar-refractivity contribution in [1.29, 1.82) is 0 Å². The number of nitrogens with zero attached hydrogens (tertiary/aromatic N) is 2. The van der Waals surface area contributed by atoms with Gasteiger partial charge in [0.05, 0.1) is 12.2 Å². The first kappa shape index (κ1) is 5.81. The van der Waals surface area contributed by atoms with Crippen molar-refractivity contribution in [2.24, 2.45) is 0 Å². The molecule has 0 N–H and O–H groups in total. The maximum absolute atomic E-state index is 10.3. The molecule has 9 heavy (non-hydrogen) atoms. The van der Waals surface area contributed by atoms with Gasteiger partial charge in [0.2, 0.25) is 0 Å². The summed E-state index contributed by atoms with van der Waals surface area (Å²) in [5.74, 6) is 0.295. The van der Waals surface area contributed by atoms with Crippen LogP contribution in [0.5, 0.6) is 5.88 Å². The fourth-order valence-corrected chi connectivity index (χ4v) is 0.433. The third-order valence-corrected chi connectivity index (χ3v) is 0.809. The molecule has 0 unspecified atom stereocenters. The van der Waals surface area contributed by atoms with Crippen LogP contribution in [0.2, 0.25) is 0 Å². The minimum absolute atomic E-state index is 0.295. The minimum Gasteiger partial charge on any atom is -0.594 e. The topological polar surface area (TPSA) is 49.1 Å². The van der Waals surface area contributed by atoms with Gasteiger partial charge < -0.3 is 9.94 Å². The van der Waals surface area contributed by atoms with Crippen LogP contribution in [-0.2, 0) is 0 Å². The summed E-state index contributed by atoms with van der Waals surface area (Å²) in [5, 5.41) is 13.7. The number of ether oxygens (including phenoxy) is 1. The fourth-order valence-electron chi connectivity index (χ4n) is 0.433. The second-order valence-corrected chi connectivity index (χ2v) is 1.38. The van der Waals surface area contributed by atoms with E-state index in [1.807, 2.05) is 0 Å². The summed E-state index contributed by atoms with van der Waals surface area (Å²) in [4.78, 5) is 0.318. The van der Waals surface area contributed by atoms with E-state index >= 15 is 0 Å². The second-order valence-electron chi connectivity index (χ2n) is 1.38. The van der Waals surface area contributed by atoms with Crippen LogP contribution in [0.1, 0.15) is 0 Å². The first-order chi connectivity index (χ1) is 4.33. The Labute approximate surface area is 52.3 Å². The summed E-state index contributed by atoms with van der Waals surface area (Å²) in [7, 11) is 1.45. The van der Waals surface area contributed by atoms with E-state index in [1.54, 1.807) is 6.07 Å².